The molecule has 3 aliphatic carbocycles. The highest BCUT2D eigenvalue weighted by Crippen LogP contribution is 2.63. The standard InChI is InChI=1S/C54H37N/c1-53(2)47-21-11-8-18-41(47)44-27-26-40(33-50(44)53)55(38-16-4-3-5-17-38)39-25-24-36-30-46-45-29-34-14-6-7-15-35(34)31-51(45)54(52(46)32-37(36)28-39)48-22-12-9-19-42(48)43-20-10-13-23-49(43)54/h3-33H,1-2H3. The van der Waals surface area contributed by atoms with Crippen molar-refractivity contribution in [2.75, 3.05) is 4.90 Å². The normalized spacial score (nSPS) is 14.7. The third-order valence-corrected chi connectivity index (χ3v) is 13.0. The van der Waals surface area contributed by atoms with Gasteiger partial charge in [-0.25, -0.2) is 0 Å². The van der Waals surface area contributed by atoms with Crippen LogP contribution in [0, 0.1) is 0 Å². The summed E-state index contributed by atoms with van der Waals surface area (Å²) in [6, 6.07) is 70.8. The molecular formula is C54H37N. The highest BCUT2D eigenvalue weighted by Gasteiger charge is 2.51. The molecule has 1 nitrogen and oxygen atoms in total. The molecule has 1 spiro atoms. The van der Waals surface area contributed by atoms with Crippen LogP contribution in [0.5, 0.6) is 0 Å². The Bertz CT molecular complexity index is 3030. The van der Waals surface area contributed by atoms with E-state index in [1.54, 1.807) is 0 Å². The van der Waals surface area contributed by atoms with Gasteiger partial charge in [0.25, 0.3) is 0 Å². The molecule has 0 atom stereocenters. The number of hydrogen-bond donors (Lipinski definition) is 0. The van der Waals surface area contributed by atoms with Gasteiger partial charge in [-0.15, -0.1) is 0 Å². The minimum Gasteiger partial charge on any atom is -0.310 e. The summed E-state index contributed by atoms with van der Waals surface area (Å²) >= 11 is 0. The largest absolute Gasteiger partial charge is 0.310 e. The van der Waals surface area contributed by atoms with Crippen LogP contribution in [0.2, 0.25) is 0 Å². The Hall–Kier alpha value is -6.70. The summed E-state index contributed by atoms with van der Waals surface area (Å²) in [5, 5.41) is 5.04. The summed E-state index contributed by atoms with van der Waals surface area (Å²) in [5.74, 6) is 0. The Morgan fingerprint density at radius 1 is 0.291 bits per heavy atom. The van der Waals surface area contributed by atoms with E-state index in [1.165, 1.54) is 94.0 Å². The van der Waals surface area contributed by atoms with Gasteiger partial charge in [0.2, 0.25) is 0 Å². The van der Waals surface area contributed by atoms with Gasteiger partial charge in [0.15, 0.2) is 0 Å². The summed E-state index contributed by atoms with van der Waals surface area (Å²) in [6.45, 7) is 4.72. The second-order valence-electron chi connectivity index (χ2n) is 16.1. The van der Waals surface area contributed by atoms with Crippen molar-refractivity contribution >= 4 is 38.6 Å². The fourth-order valence-corrected chi connectivity index (χ4v) is 10.5. The predicted octanol–water partition coefficient (Wildman–Crippen LogP) is 14.1. The lowest BCUT2D eigenvalue weighted by molar-refractivity contribution is 0.660. The van der Waals surface area contributed by atoms with Crippen LogP contribution < -0.4 is 4.90 Å². The molecule has 0 aromatic heterocycles. The van der Waals surface area contributed by atoms with Crippen molar-refractivity contribution in [3.63, 3.8) is 0 Å². The van der Waals surface area contributed by atoms with E-state index in [9.17, 15) is 0 Å². The molecule has 0 fully saturated rings. The highest BCUT2D eigenvalue weighted by molar-refractivity contribution is 6.04. The first-order valence-electron chi connectivity index (χ1n) is 19.4. The molecule has 0 unspecified atom stereocenters. The van der Waals surface area contributed by atoms with Crippen LogP contribution in [-0.4, -0.2) is 0 Å². The van der Waals surface area contributed by atoms with Gasteiger partial charge in [-0.2, -0.15) is 0 Å². The van der Waals surface area contributed by atoms with E-state index in [0.717, 1.165) is 11.4 Å². The van der Waals surface area contributed by atoms with E-state index in [2.05, 4.69) is 207 Å². The number of nitrogens with zero attached hydrogens (tertiary/aromatic N) is 1. The molecule has 9 aromatic rings. The van der Waals surface area contributed by atoms with Crippen LogP contribution in [0.1, 0.15) is 47.2 Å². The number of benzene rings is 9. The van der Waals surface area contributed by atoms with Crippen LogP contribution >= 0.6 is 0 Å². The second kappa shape index (κ2) is 10.9. The monoisotopic (exact) mass is 699 g/mol. The van der Waals surface area contributed by atoms with Crippen molar-refractivity contribution in [3.8, 4) is 33.4 Å². The number of fused-ring (bicyclic) bond motifs is 15. The average molecular weight is 700 g/mol. The third kappa shape index (κ3) is 4.02. The molecule has 0 N–H and O–H groups in total. The highest BCUT2D eigenvalue weighted by atomic mass is 15.1. The van der Waals surface area contributed by atoms with Crippen LogP contribution in [0.25, 0.3) is 54.9 Å². The molecule has 55 heavy (non-hydrogen) atoms. The molecule has 9 aromatic carbocycles. The lowest BCUT2D eigenvalue weighted by Gasteiger charge is -2.31. The maximum absolute atomic E-state index is 2.52. The molecule has 0 aliphatic heterocycles. The molecule has 0 radical (unpaired) electrons. The molecule has 0 saturated carbocycles. The van der Waals surface area contributed by atoms with Gasteiger partial charge in [-0.05, 0) is 149 Å². The van der Waals surface area contributed by atoms with Gasteiger partial charge >= 0.3 is 0 Å². The lowest BCUT2D eigenvalue weighted by atomic mass is 9.70. The first-order chi connectivity index (χ1) is 27.0. The Kier molecular flexibility index (Phi) is 6.11. The first-order valence-corrected chi connectivity index (χ1v) is 19.4. The molecule has 0 heterocycles. The van der Waals surface area contributed by atoms with Gasteiger partial charge in [0.05, 0.1) is 5.41 Å². The van der Waals surface area contributed by atoms with Crippen LogP contribution in [0.15, 0.2) is 188 Å². The fraction of sp³-hybridized carbons (Fsp3) is 0.0741. The van der Waals surface area contributed by atoms with Crippen molar-refractivity contribution in [1.29, 1.82) is 0 Å². The van der Waals surface area contributed by atoms with Crippen molar-refractivity contribution in [2.45, 2.75) is 24.7 Å². The Morgan fingerprint density at radius 3 is 1.44 bits per heavy atom. The minimum atomic E-state index is -0.411. The minimum absolute atomic E-state index is 0.0871. The molecular weight excluding hydrogens is 663 g/mol. The Labute approximate surface area is 321 Å². The molecule has 0 amide bonds. The van der Waals surface area contributed by atoms with E-state index in [4.69, 9.17) is 0 Å². The lowest BCUT2D eigenvalue weighted by Crippen LogP contribution is -2.25. The van der Waals surface area contributed by atoms with Crippen LogP contribution in [-0.2, 0) is 10.8 Å². The molecule has 0 saturated heterocycles. The molecule has 1 heteroatoms. The number of para-hydroxylation sites is 1. The molecule has 258 valence electrons. The molecule has 0 bridgehead atoms. The van der Waals surface area contributed by atoms with Crippen molar-refractivity contribution in [2.24, 2.45) is 0 Å². The Morgan fingerprint density at radius 2 is 0.764 bits per heavy atom. The van der Waals surface area contributed by atoms with E-state index < -0.39 is 5.41 Å². The number of hydrogen-bond acceptors (Lipinski definition) is 1. The predicted molar refractivity (Wildman–Crippen MR) is 230 cm³/mol. The Balaban J connectivity index is 1.10. The SMILES string of the molecule is CC1(C)c2ccccc2-c2ccc(N(c3ccccc3)c3ccc4cc5c(cc4c3)C3(c4ccccc4-c4ccccc43)c3cc4ccccc4cc3-5)cc21. The van der Waals surface area contributed by atoms with E-state index in [-0.39, 0.29) is 5.41 Å². The number of anilines is 3. The van der Waals surface area contributed by atoms with Crippen molar-refractivity contribution < 1.29 is 0 Å². The van der Waals surface area contributed by atoms with E-state index in [0.29, 0.717) is 0 Å². The topological polar surface area (TPSA) is 3.24 Å². The third-order valence-electron chi connectivity index (χ3n) is 13.0. The molecule has 12 rings (SSSR count). The van der Waals surface area contributed by atoms with Gasteiger partial charge in [-0.1, -0.05) is 141 Å². The van der Waals surface area contributed by atoms with Crippen molar-refractivity contribution in [1.82, 2.24) is 0 Å². The number of rotatable bonds is 3. The van der Waals surface area contributed by atoms with Crippen molar-refractivity contribution in [3.05, 3.63) is 221 Å². The average Bonchev–Trinajstić information content (AvgIpc) is 3.77. The fourth-order valence-electron chi connectivity index (χ4n) is 10.5. The molecule has 3 aliphatic rings. The summed E-state index contributed by atoms with van der Waals surface area (Å²) in [6.07, 6.45) is 0. The van der Waals surface area contributed by atoms with Gasteiger partial charge in [0.1, 0.15) is 0 Å². The maximum atomic E-state index is 2.52. The van der Waals surface area contributed by atoms with Gasteiger partial charge in [-0.3, -0.25) is 0 Å². The summed E-state index contributed by atoms with van der Waals surface area (Å²) in [7, 11) is 0. The summed E-state index contributed by atoms with van der Waals surface area (Å²) in [5.41, 5.74) is 19.2. The zero-order chi connectivity index (χ0) is 36.5. The quantitative estimate of drug-likeness (QED) is 0.177. The van der Waals surface area contributed by atoms with Gasteiger partial charge in [0, 0.05) is 22.5 Å². The zero-order valence-corrected chi connectivity index (χ0v) is 30.8. The van der Waals surface area contributed by atoms with E-state index >= 15 is 0 Å². The van der Waals surface area contributed by atoms with Crippen LogP contribution in [0.3, 0.4) is 0 Å². The van der Waals surface area contributed by atoms with Gasteiger partial charge < -0.3 is 4.90 Å². The second-order valence-corrected chi connectivity index (χ2v) is 16.1. The zero-order valence-electron chi connectivity index (χ0n) is 30.8. The smallest absolute Gasteiger partial charge is 0.0725 e. The maximum Gasteiger partial charge on any atom is 0.0725 e. The van der Waals surface area contributed by atoms with Crippen LogP contribution in [0.4, 0.5) is 17.1 Å². The summed E-state index contributed by atoms with van der Waals surface area (Å²) < 4.78 is 0. The first kappa shape index (κ1) is 30.7. The summed E-state index contributed by atoms with van der Waals surface area (Å²) in [4.78, 5) is 2.43. The van der Waals surface area contributed by atoms with E-state index in [1.807, 2.05) is 0 Å².